The minimum absolute atomic E-state index is 0.220. The van der Waals surface area contributed by atoms with Crippen LogP contribution in [-0.2, 0) is 4.74 Å². The van der Waals surface area contributed by atoms with Gasteiger partial charge in [-0.1, -0.05) is 66.2 Å². The number of alkyl halides is 1. The molecule has 0 bridgehead atoms. The quantitative estimate of drug-likeness (QED) is 0.581. The highest BCUT2D eigenvalue weighted by atomic mass is 79.9. The second kappa shape index (κ2) is 5.75. The second-order valence-electron chi connectivity index (χ2n) is 4.77. The van der Waals surface area contributed by atoms with Gasteiger partial charge in [0.2, 0.25) is 0 Å². The Kier molecular flexibility index (Phi) is 4.28. The van der Waals surface area contributed by atoms with Crippen molar-refractivity contribution in [1.82, 2.24) is 0 Å². The van der Waals surface area contributed by atoms with Crippen LogP contribution in [0.4, 0.5) is 0 Å². The van der Waals surface area contributed by atoms with Gasteiger partial charge in [-0.15, -0.1) is 6.58 Å². The summed E-state index contributed by atoms with van der Waals surface area (Å²) in [6, 6.07) is 10.3. The first-order chi connectivity index (χ1) is 8.69. The van der Waals surface area contributed by atoms with Crippen LogP contribution in [0.1, 0.15) is 19.4 Å². The van der Waals surface area contributed by atoms with Gasteiger partial charge in [0.1, 0.15) is 11.9 Å². The summed E-state index contributed by atoms with van der Waals surface area (Å²) in [4.78, 5) is 0. The van der Waals surface area contributed by atoms with Gasteiger partial charge in [-0.2, -0.15) is 0 Å². The Morgan fingerprint density at radius 1 is 1.39 bits per heavy atom. The second-order valence-corrected chi connectivity index (χ2v) is 5.42. The fourth-order valence-corrected chi connectivity index (χ4v) is 3.16. The molecule has 0 amide bonds. The highest BCUT2D eigenvalue weighted by Gasteiger charge is 2.34. The summed E-state index contributed by atoms with van der Waals surface area (Å²) in [5.41, 5.74) is 2.53. The molecular formula is C16H19BrO. The van der Waals surface area contributed by atoms with Crippen LogP contribution >= 0.6 is 15.9 Å². The Labute approximate surface area is 118 Å². The van der Waals surface area contributed by atoms with Crippen molar-refractivity contribution in [2.45, 2.75) is 20.0 Å². The average Bonchev–Trinajstić information content (AvgIpc) is 2.76. The fourth-order valence-electron chi connectivity index (χ4n) is 2.47. The third-order valence-corrected chi connectivity index (χ3v) is 4.25. The summed E-state index contributed by atoms with van der Waals surface area (Å²) >= 11 is 3.54. The summed E-state index contributed by atoms with van der Waals surface area (Å²) in [5.74, 6) is 1.81. The van der Waals surface area contributed by atoms with Gasteiger partial charge in [0, 0.05) is 16.8 Å². The molecule has 2 rings (SSSR count). The number of hydrogen-bond donors (Lipinski definition) is 0. The molecule has 0 aromatic heterocycles. The lowest BCUT2D eigenvalue weighted by Crippen LogP contribution is -2.18. The highest BCUT2D eigenvalue weighted by molar-refractivity contribution is 9.09. The molecule has 2 heteroatoms. The van der Waals surface area contributed by atoms with Crippen LogP contribution < -0.4 is 0 Å². The van der Waals surface area contributed by atoms with Gasteiger partial charge in [0.25, 0.3) is 0 Å². The topological polar surface area (TPSA) is 9.23 Å². The van der Waals surface area contributed by atoms with Crippen molar-refractivity contribution in [2.24, 2.45) is 11.8 Å². The number of benzene rings is 1. The Balaban J connectivity index is 2.45. The van der Waals surface area contributed by atoms with Gasteiger partial charge in [0.15, 0.2) is 0 Å². The number of rotatable bonds is 4. The molecule has 1 aromatic carbocycles. The normalized spacial score (nSPS) is 24.8. The number of allylic oxidation sites excluding steroid dienone is 1. The van der Waals surface area contributed by atoms with E-state index in [4.69, 9.17) is 4.74 Å². The number of halogens is 1. The highest BCUT2D eigenvalue weighted by Crippen LogP contribution is 2.41. The maximum atomic E-state index is 6.13. The van der Waals surface area contributed by atoms with Gasteiger partial charge in [-0.3, -0.25) is 0 Å². The summed E-state index contributed by atoms with van der Waals surface area (Å²) in [6.07, 6.45) is 2.21. The Morgan fingerprint density at radius 3 is 2.61 bits per heavy atom. The molecule has 1 nitrogen and oxygen atoms in total. The fraction of sp³-hybridized carbons (Fsp3) is 0.375. The molecule has 0 saturated carbocycles. The third-order valence-electron chi connectivity index (χ3n) is 3.61. The molecule has 0 spiro atoms. The van der Waals surface area contributed by atoms with Crippen LogP contribution in [0, 0.1) is 11.8 Å². The van der Waals surface area contributed by atoms with E-state index in [-0.39, 0.29) is 6.10 Å². The van der Waals surface area contributed by atoms with E-state index in [1.165, 1.54) is 5.57 Å². The van der Waals surface area contributed by atoms with Crippen LogP contribution in [-0.4, -0.2) is 11.4 Å². The van der Waals surface area contributed by atoms with Crippen LogP contribution in [0.15, 0.2) is 48.6 Å². The molecule has 0 fully saturated rings. The van der Waals surface area contributed by atoms with Gasteiger partial charge >= 0.3 is 0 Å². The monoisotopic (exact) mass is 306 g/mol. The van der Waals surface area contributed by atoms with E-state index in [9.17, 15) is 0 Å². The molecular weight excluding hydrogens is 288 g/mol. The van der Waals surface area contributed by atoms with Crippen molar-refractivity contribution in [1.29, 1.82) is 0 Å². The van der Waals surface area contributed by atoms with Gasteiger partial charge in [-0.25, -0.2) is 0 Å². The molecule has 0 saturated heterocycles. The molecule has 0 N–H and O–H groups in total. The number of hydrogen-bond acceptors (Lipinski definition) is 1. The van der Waals surface area contributed by atoms with Crippen molar-refractivity contribution in [3.63, 3.8) is 0 Å². The number of ether oxygens (including phenoxy) is 1. The Morgan fingerprint density at radius 2 is 2.06 bits per heavy atom. The predicted octanol–water partition coefficient (Wildman–Crippen LogP) is 4.65. The summed E-state index contributed by atoms with van der Waals surface area (Å²) < 4.78 is 6.13. The standard InChI is InChI=1S/C16H19BrO/c1-4-11(2)15-12(3)14(10-17)18-16(15)13-8-6-5-7-9-13/h4-9,11-12,14H,1,10H2,2-3H3/t11-,12-,14+/m0/s1. The molecule has 18 heavy (non-hydrogen) atoms. The van der Waals surface area contributed by atoms with E-state index in [1.807, 2.05) is 24.3 Å². The van der Waals surface area contributed by atoms with Crippen LogP contribution in [0.3, 0.4) is 0 Å². The van der Waals surface area contributed by atoms with E-state index >= 15 is 0 Å². The third kappa shape index (κ3) is 2.39. The minimum atomic E-state index is 0.220. The molecule has 1 aromatic rings. The van der Waals surface area contributed by atoms with Crippen molar-refractivity contribution in [2.75, 3.05) is 5.33 Å². The SMILES string of the molecule is C=C[C@H](C)C1=C(c2ccccc2)O[C@H](CBr)[C@@H]1C. The smallest absolute Gasteiger partial charge is 0.127 e. The van der Waals surface area contributed by atoms with Crippen LogP contribution in [0.2, 0.25) is 0 Å². The molecule has 0 aliphatic carbocycles. The van der Waals surface area contributed by atoms with Crippen molar-refractivity contribution in [3.8, 4) is 0 Å². The largest absolute Gasteiger partial charge is 0.488 e. The summed E-state index contributed by atoms with van der Waals surface area (Å²) in [7, 11) is 0. The maximum absolute atomic E-state index is 6.13. The molecule has 0 unspecified atom stereocenters. The van der Waals surface area contributed by atoms with E-state index in [0.29, 0.717) is 11.8 Å². The zero-order valence-corrected chi connectivity index (χ0v) is 12.5. The van der Waals surface area contributed by atoms with Gasteiger partial charge in [-0.05, 0) is 11.5 Å². The maximum Gasteiger partial charge on any atom is 0.127 e. The summed E-state index contributed by atoms with van der Waals surface area (Å²) in [6.45, 7) is 8.33. The predicted molar refractivity (Wildman–Crippen MR) is 80.6 cm³/mol. The summed E-state index contributed by atoms with van der Waals surface area (Å²) in [5, 5.41) is 0.859. The molecule has 3 atom stereocenters. The molecule has 1 heterocycles. The van der Waals surface area contributed by atoms with Crippen LogP contribution in [0.25, 0.3) is 5.76 Å². The first-order valence-electron chi connectivity index (χ1n) is 6.33. The van der Waals surface area contributed by atoms with Gasteiger partial charge < -0.3 is 4.74 Å². The lowest BCUT2D eigenvalue weighted by Gasteiger charge is -2.16. The average molecular weight is 307 g/mol. The molecule has 0 radical (unpaired) electrons. The Hall–Kier alpha value is -1.02. The van der Waals surface area contributed by atoms with Crippen LogP contribution in [0.5, 0.6) is 0 Å². The zero-order valence-electron chi connectivity index (χ0n) is 10.9. The van der Waals surface area contributed by atoms with Crippen molar-refractivity contribution in [3.05, 3.63) is 54.1 Å². The first kappa shape index (κ1) is 13.4. The van der Waals surface area contributed by atoms with E-state index in [2.05, 4.69) is 48.5 Å². The van der Waals surface area contributed by atoms with Crippen molar-refractivity contribution < 1.29 is 4.74 Å². The molecule has 1 aliphatic rings. The zero-order chi connectivity index (χ0) is 13.1. The van der Waals surface area contributed by atoms with E-state index in [1.54, 1.807) is 0 Å². The minimum Gasteiger partial charge on any atom is -0.488 e. The Bertz CT molecular complexity index is 449. The van der Waals surface area contributed by atoms with Crippen molar-refractivity contribution >= 4 is 21.7 Å². The van der Waals surface area contributed by atoms with Gasteiger partial charge in [0.05, 0.1) is 0 Å². The van der Waals surface area contributed by atoms with E-state index < -0.39 is 0 Å². The lowest BCUT2D eigenvalue weighted by molar-refractivity contribution is 0.181. The first-order valence-corrected chi connectivity index (χ1v) is 7.45. The lowest BCUT2D eigenvalue weighted by atomic mass is 9.87. The van der Waals surface area contributed by atoms with E-state index in [0.717, 1.165) is 16.7 Å². The molecule has 96 valence electrons. The molecule has 1 aliphatic heterocycles.